The third-order valence-electron chi connectivity index (χ3n) is 3.40. The molecule has 1 aromatic carbocycles. The third kappa shape index (κ3) is 1.77. The fourth-order valence-corrected chi connectivity index (χ4v) is 2.48. The van der Waals surface area contributed by atoms with Crippen LogP contribution in [0.1, 0.15) is 30.0 Å². The molecule has 2 nitrogen and oxygen atoms in total. The van der Waals surface area contributed by atoms with Gasteiger partial charge in [0.25, 0.3) is 0 Å². The van der Waals surface area contributed by atoms with Crippen molar-refractivity contribution in [3.63, 3.8) is 0 Å². The van der Waals surface area contributed by atoms with Crippen LogP contribution in [0.2, 0.25) is 5.02 Å². The minimum Gasteiger partial charge on any atom is -0.388 e. The van der Waals surface area contributed by atoms with Crippen LogP contribution in [0.25, 0.3) is 10.9 Å². The van der Waals surface area contributed by atoms with E-state index in [0.29, 0.717) is 5.92 Å². The van der Waals surface area contributed by atoms with Crippen LogP contribution in [0, 0.1) is 6.92 Å². The van der Waals surface area contributed by atoms with E-state index in [9.17, 15) is 0 Å². The molecule has 17 heavy (non-hydrogen) atoms. The molecule has 0 saturated heterocycles. The Morgan fingerprint density at radius 1 is 1.35 bits per heavy atom. The zero-order chi connectivity index (χ0) is 12.0. The van der Waals surface area contributed by atoms with Gasteiger partial charge >= 0.3 is 0 Å². The van der Waals surface area contributed by atoms with Crippen LogP contribution in [0.4, 0.5) is 5.69 Å². The number of pyridine rings is 1. The first-order valence-electron chi connectivity index (χ1n) is 5.98. The molecule has 3 rings (SSSR count). The number of fused-ring (bicyclic) bond motifs is 1. The average molecular weight is 247 g/mol. The number of nitrogens with zero attached hydrogens (tertiary/aromatic N) is 1. The number of anilines is 1. The maximum absolute atomic E-state index is 6.26. The summed E-state index contributed by atoms with van der Waals surface area (Å²) in [5, 5.41) is 5.15. The van der Waals surface area contributed by atoms with Crippen LogP contribution in [0.5, 0.6) is 0 Å². The molecule has 0 unspecified atom stereocenters. The van der Waals surface area contributed by atoms with Crippen LogP contribution < -0.4 is 5.32 Å². The topological polar surface area (TPSA) is 24.9 Å². The molecule has 1 fully saturated rings. The number of nitrogens with one attached hydrogen (secondary N) is 1. The molecule has 1 saturated carbocycles. The van der Waals surface area contributed by atoms with Gasteiger partial charge in [-0.25, -0.2) is 0 Å². The molecule has 0 radical (unpaired) electrons. The summed E-state index contributed by atoms with van der Waals surface area (Å²) in [4.78, 5) is 4.73. The number of aromatic nitrogens is 1. The fourth-order valence-electron chi connectivity index (χ4n) is 2.28. The van der Waals surface area contributed by atoms with Gasteiger partial charge in [0.2, 0.25) is 0 Å². The van der Waals surface area contributed by atoms with E-state index in [1.807, 2.05) is 19.2 Å². The van der Waals surface area contributed by atoms with Gasteiger partial charge in [-0.2, -0.15) is 0 Å². The minimum absolute atomic E-state index is 0.642. The molecule has 1 aliphatic carbocycles. The van der Waals surface area contributed by atoms with E-state index in [4.69, 9.17) is 16.6 Å². The predicted molar refractivity (Wildman–Crippen MR) is 73.0 cm³/mol. The molecule has 0 amide bonds. The Bertz CT molecular complexity index is 588. The molecule has 0 aliphatic heterocycles. The number of rotatable bonds is 2. The van der Waals surface area contributed by atoms with Crippen LogP contribution in [0.3, 0.4) is 0 Å². The molecule has 2 aromatic rings. The number of benzene rings is 1. The Kier molecular flexibility index (Phi) is 2.48. The summed E-state index contributed by atoms with van der Waals surface area (Å²) in [6.45, 7) is 2.10. The molecule has 1 aliphatic rings. The SMILES string of the molecule is CNc1cc(C2CC2)nc2c(Cl)ccc(C)c12. The number of aryl methyl sites for hydroxylation is 1. The normalized spacial score (nSPS) is 15.2. The van der Waals surface area contributed by atoms with E-state index in [1.54, 1.807) is 0 Å². The lowest BCUT2D eigenvalue weighted by atomic mass is 10.1. The zero-order valence-corrected chi connectivity index (χ0v) is 10.8. The standard InChI is InChI=1S/C14H15ClN2/c1-8-3-6-10(15)14-13(8)12(16-2)7-11(17-14)9-4-5-9/h3,6-7,9H,4-5H2,1-2H3,(H,16,17). The van der Waals surface area contributed by atoms with Gasteiger partial charge in [0, 0.05) is 29.7 Å². The first-order valence-corrected chi connectivity index (χ1v) is 6.36. The highest BCUT2D eigenvalue weighted by molar-refractivity contribution is 6.35. The first-order chi connectivity index (χ1) is 8.20. The van der Waals surface area contributed by atoms with Crippen molar-refractivity contribution in [2.24, 2.45) is 0 Å². The van der Waals surface area contributed by atoms with Gasteiger partial charge in [-0.15, -0.1) is 0 Å². The van der Waals surface area contributed by atoms with Crippen LogP contribution in [-0.4, -0.2) is 12.0 Å². The Hall–Kier alpha value is -1.28. The van der Waals surface area contributed by atoms with Gasteiger partial charge in [-0.1, -0.05) is 17.7 Å². The van der Waals surface area contributed by atoms with E-state index in [2.05, 4.69) is 18.3 Å². The van der Waals surface area contributed by atoms with Crippen molar-refractivity contribution < 1.29 is 0 Å². The quantitative estimate of drug-likeness (QED) is 0.862. The van der Waals surface area contributed by atoms with Gasteiger partial charge in [0.15, 0.2) is 0 Å². The molecule has 0 spiro atoms. The maximum Gasteiger partial charge on any atom is 0.0914 e. The molecule has 88 valence electrons. The summed E-state index contributed by atoms with van der Waals surface area (Å²) in [7, 11) is 1.95. The monoisotopic (exact) mass is 246 g/mol. The molecular formula is C14H15ClN2. The van der Waals surface area contributed by atoms with Gasteiger partial charge in [-0.3, -0.25) is 4.98 Å². The largest absolute Gasteiger partial charge is 0.388 e. The van der Waals surface area contributed by atoms with E-state index >= 15 is 0 Å². The van der Waals surface area contributed by atoms with Crippen molar-refractivity contribution in [2.75, 3.05) is 12.4 Å². The Balaban J connectivity index is 2.35. The number of hydrogen-bond acceptors (Lipinski definition) is 2. The highest BCUT2D eigenvalue weighted by Gasteiger charge is 2.26. The Morgan fingerprint density at radius 3 is 2.76 bits per heavy atom. The summed E-state index contributed by atoms with van der Waals surface area (Å²) in [6, 6.07) is 6.15. The second kappa shape index (κ2) is 3.88. The van der Waals surface area contributed by atoms with Crippen LogP contribution in [-0.2, 0) is 0 Å². The Labute approximate surface area is 106 Å². The van der Waals surface area contributed by atoms with Crippen LogP contribution in [0.15, 0.2) is 18.2 Å². The van der Waals surface area contributed by atoms with Crippen molar-refractivity contribution in [2.45, 2.75) is 25.7 Å². The van der Waals surface area contributed by atoms with E-state index in [-0.39, 0.29) is 0 Å². The van der Waals surface area contributed by atoms with Gasteiger partial charge < -0.3 is 5.32 Å². The summed E-state index contributed by atoms with van der Waals surface area (Å²) < 4.78 is 0. The molecule has 1 heterocycles. The molecule has 1 N–H and O–H groups in total. The van der Waals surface area contributed by atoms with Crippen molar-refractivity contribution in [1.82, 2.24) is 4.98 Å². The van der Waals surface area contributed by atoms with Crippen molar-refractivity contribution >= 4 is 28.2 Å². The number of halogens is 1. The lowest BCUT2D eigenvalue weighted by molar-refractivity contribution is 1.04. The summed E-state index contributed by atoms with van der Waals surface area (Å²) in [6.07, 6.45) is 2.51. The molecule has 1 aromatic heterocycles. The summed E-state index contributed by atoms with van der Waals surface area (Å²) >= 11 is 6.26. The molecule has 0 atom stereocenters. The van der Waals surface area contributed by atoms with Crippen molar-refractivity contribution in [3.8, 4) is 0 Å². The minimum atomic E-state index is 0.642. The lowest BCUT2D eigenvalue weighted by Gasteiger charge is -2.12. The van der Waals surface area contributed by atoms with Crippen molar-refractivity contribution in [1.29, 1.82) is 0 Å². The first kappa shape index (κ1) is 10.8. The smallest absolute Gasteiger partial charge is 0.0914 e. The average Bonchev–Trinajstić information content (AvgIpc) is 3.16. The van der Waals surface area contributed by atoms with Crippen LogP contribution >= 0.6 is 11.6 Å². The molecule has 3 heteroatoms. The van der Waals surface area contributed by atoms with Gasteiger partial charge in [0.05, 0.1) is 10.5 Å². The van der Waals surface area contributed by atoms with Gasteiger partial charge in [0.1, 0.15) is 0 Å². The molecule has 0 bridgehead atoms. The van der Waals surface area contributed by atoms with Crippen molar-refractivity contribution in [3.05, 3.63) is 34.5 Å². The number of hydrogen-bond donors (Lipinski definition) is 1. The molecular weight excluding hydrogens is 232 g/mol. The second-order valence-electron chi connectivity index (χ2n) is 4.71. The van der Waals surface area contributed by atoms with E-state index < -0.39 is 0 Å². The highest BCUT2D eigenvalue weighted by Crippen LogP contribution is 2.42. The summed E-state index contributed by atoms with van der Waals surface area (Å²) in [5.41, 5.74) is 4.45. The maximum atomic E-state index is 6.26. The van der Waals surface area contributed by atoms with Gasteiger partial charge in [-0.05, 0) is 37.5 Å². The lowest BCUT2D eigenvalue weighted by Crippen LogP contribution is -1.97. The predicted octanol–water partition coefficient (Wildman–Crippen LogP) is 4.12. The van der Waals surface area contributed by atoms with E-state index in [1.165, 1.54) is 24.1 Å². The summed E-state index contributed by atoms with van der Waals surface area (Å²) in [5.74, 6) is 0.642. The fraction of sp³-hybridized carbons (Fsp3) is 0.357. The highest BCUT2D eigenvalue weighted by atomic mass is 35.5. The van der Waals surface area contributed by atoms with E-state index in [0.717, 1.165) is 21.6 Å². The second-order valence-corrected chi connectivity index (χ2v) is 5.11. The third-order valence-corrected chi connectivity index (χ3v) is 3.71. The zero-order valence-electron chi connectivity index (χ0n) is 10.0. The Morgan fingerprint density at radius 2 is 2.12 bits per heavy atom.